The van der Waals surface area contributed by atoms with E-state index in [9.17, 15) is 57.8 Å². The number of ether oxygens (including phenoxy) is 11. The Labute approximate surface area is 847 Å². The average Bonchev–Trinajstić information content (AvgIpc) is 1.57. The highest BCUT2D eigenvalue weighted by molar-refractivity contribution is 6.01. The fourth-order valence-electron chi connectivity index (χ4n) is 16.2. The Bertz CT molecular complexity index is 5830. The maximum atomic E-state index is 13.4. The third-order valence-corrected chi connectivity index (χ3v) is 23.3. The Morgan fingerprint density at radius 1 is 0.345 bits per heavy atom. The second-order valence-corrected chi connectivity index (χ2v) is 36.0. The van der Waals surface area contributed by atoms with Gasteiger partial charge in [-0.2, -0.15) is 20.4 Å². The van der Waals surface area contributed by atoms with Crippen molar-refractivity contribution >= 4 is 65.2 Å². The van der Waals surface area contributed by atoms with Crippen molar-refractivity contribution in [3.8, 4) is 91.0 Å². The highest BCUT2D eigenvalue weighted by Crippen LogP contribution is 2.44. The van der Waals surface area contributed by atoms with Gasteiger partial charge in [0.1, 0.15) is 89.8 Å². The second-order valence-electron chi connectivity index (χ2n) is 36.0. The molecule has 145 heavy (non-hydrogen) atoms. The SMILES string of the molecule is CCCC[C@H](NC(=O)c1cc(-c2c(OC)cccc2OC)n(CC(C)C)n1)C(=O)NCC(=O)OC.COC(=O)CNC(=O)[C@H](CCc1ccccc1)NC(=O)c1cc(-c2c(OC)cccc2OC)n(CC(C)C)n1.COC(=O)CNC(=O)[C@H](Cc1ccccc1)NC(=O)c1cc(-c2c(OC)cccc2OC)n(CC(C)C)n1.COc1cccc(OC)c1-c1cc(C(=O)N[C@@H](CC2CCCCC2)C(=O)O)nn1CC(C)C. The van der Waals surface area contributed by atoms with Gasteiger partial charge in [0, 0.05) is 32.6 Å². The summed E-state index contributed by atoms with van der Waals surface area (Å²) in [6.07, 6.45) is 8.99. The van der Waals surface area contributed by atoms with Crippen LogP contribution in [0.3, 0.4) is 0 Å². The van der Waals surface area contributed by atoms with E-state index in [-0.39, 0.29) is 72.5 Å². The number of unbranched alkanes of at least 4 members (excludes halogenated alkanes) is 1. The Kier molecular flexibility index (Phi) is 46.3. The Morgan fingerprint density at radius 2 is 0.614 bits per heavy atom. The number of methoxy groups -OCH3 is 11. The molecule has 11 rings (SSSR count). The number of carbonyl (C=O) groups excluding carboxylic acids is 10. The largest absolute Gasteiger partial charge is 0.496 e. The number of carboxylic acids is 1. The van der Waals surface area contributed by atoms with E-state index in [1.807, 2.05) is 154 Å². The van der Waals surface area contributed by atoms with Crippen LogP contribution in [0.2, 0.25) is 0 Å². The number of aromatic nitrogens is 8. The number of rotatable bonds is 48. The van der Waals surface area contributed by atoms with E-state index in [1.165, 1.54) is 27.8 Å². The molecule has 8 N–H and O–H groups in total. The number of carboxylic acid groups (broad SMARTS) is 1. The van der Waals surface area contributed by atoms with E-state index in [0.717, 1.165) is 49.7 Å². The van der Waals surface area contributed by atoms with E-state index >= 15 is 0 Å². The van der Waals surface area contributed by atoms with Crippen LogP contribution in [0.4, 0.5) is 0 Å². The maximum absolute atomic E-state index is 13.4. The third-order valence-electron chi connectivity index (χ3n) is 23.3. The molecule has 0 radical (unpaired) electrons. The van der Waals surface area contributed by atoms with Gasteiger partial charge in [-0.1, -0.05) is 192 Å². The van der Waals surface area contributed by atoms with Crippen LogP contribution in [-0.2, 0) is 86.8 Å². The Hall–Kier alpha value is -15.3. The first-order valence-corrected chi connectivity index (χ1v) is 48.4. The van der Waals surface area contributed by atoms with E-state index in [2.05, 4.69) is 113 Å². The summed E-state index contributed by atoms with van der Waals surface area (Å²) >= 11 is 0. The molecule has 38 nitrogen and oxygen atoms in total. The average molecular weight is 2010 g/mol. The summed E-state index contributed by atoms with van der Waals surface area (Å²) in [5.41, 5.74) is 7.84. The lowest BCUT2D eigenvalue weighted by Gasteiger charge is -2.24. The van der Waals surface area contributed by atoms with Gasteiger partial charge < -0.3 is 94.4 Å². The quantitative estimate of drug-likeness (QED) is 0.0130. The molecule has 1 aliphatic rings. The number of aliphatic carboxylic acids is 1. The summed E-state index contributed by atoms with van der Waals surface area (Å²) in [4.78, 5) is 138. The van der Waals surface area contributed by atoms with Gasteiger partial charge in [-0.3, -0.25) is 66.7 Å². The first kappa shape index (κ1) is 115. The molecule has 0 unspecified atom stereocenters. The number of benzene rings is 6. The number of esters is 3. The third kappa shape index (κ3) is 34.0. The van der Waals surface area contributed by atoms with E-state index in [1.54, 1.807) is 99.9 Å². The second kappa shape index (κ2) is 58.3. The number of aryl methyl sites for hydroxylation is 1. The summed E-state index contributed by atoms with van der Waals surface area (Å²) < 4.78 is 65.3. The van der Waals surface area contributed by atoms with Gasteiger partial charge in [-0.05, 0) is 139 Å². The Balaban J connectivity index is 0.000000237. The van der Waals surface area contributed by atoms with Crippen molar-refractivity contribution in [2.24, 2.45) is 29.6 Å². The topological polar surface area (TPSA) is 465 Å². The molecular weight excluding hydrogens is 1860 g/mol. The van der Waals surface area contributed by atoms with Crippen molar-refractivity contribution in [1.82, 2.24) is 76.3 Å². The highest BCUT2D eigenvalue weighted by atomic mass is 16.5. The van der Waals surface area contributed by atoms with Crippen LogP contribution < -0.4 is 75.1 Å². The van der Waals surface area contributed by atoms with E-state index in [4.69, 9.17) is 37.9 Å². The van der Waals surface area contributed by atoms with Crippen LogP contribution in [0, 0.1) is 29.6 Å². The summed E-state index contributed by atoms with van der Waals surface area (Å²) in [6.45, 7) is 19.8. The molecule has 10 aromatic rings. The van der Waals surface area contributed by atoms with Crippen molar-refractivity contribution < 1.29 is 110 Å². The molecule has 4 aromatic heterocycles. The normalized spacial score (nSPS) is 12.4. The number of hydrogen-bond donors (Lipinski definition) is 8. The minimum Gasteiger partial charge on any atom is -0.496 e. The summed E-state index contributed by atoms with van der Waals surface area (Å²) in [5.74, 6) is -0.215. The van der Waals surface area contributed by atoms with E-state index < -0.39 is 89.4 Å². The van der Waals surface area contributed by atoms with Crippen molar-refractivity contribution in [3.63, 3.8) is 0 Å². The van der Waals surface area contributed by atoms with Crippen LogP contribution in [0.5, 0.6) is 46.0 Å². The van der Waals surface area contributed by atoms with Crippen LogP contribution in [0.25, 0.3) is 45.0 Å². The predicted octanol–water partition coefficient (Wildman–Crippen LogP) is 13.3. The van der Waals surface area contributed by atoms with Gasteiger partial charge in [0.2, 0.25) is 17.7 Å². The molecule has 0 spiro atoms. The molecule has 1 fully saturated rings. The van der Waals surface area contributed by atoms with Crippen molar-refractivity contribution in [2.75, 3.05) is 97.8 Å². The zero-order valence-corrected chi connectivity index (χ0v) is 86.6. The number of amides is 7. The van der Waals surface area contributed by atoms with Crippen molar-refractivity contribution in [2.45, 2.75) is 190 Å². The van der Waals surface area contributed by atoms with Crippen LogP contribution in [0.15, 0.2) is 158 Å². The van der Waals surface area contributed by atoms with Crippen molar-refractivity contribution in [3.05, 3.63) is 192 Å². The predicted molar refractivity (Wildman–Crippen MR) is 546 cm³/mol. The smallest absolute Gasteiger partial charge is 0.326 e. The molecule has 6 aromatic carbocycles. The molecule has 0 saturated heterocycles. The molecule has 4 heterocycles. The molecule has 1 aliphatic carbocycles. The molecule has 0 bridgehead atoms. The number of carbonyl (C=O) groups is 11. The van der Waals surface area contributed by atoms with E-state index in [0.29, 0.717) is 149 Å². The molecule has 1 saturated carbocycles. The minimum absolute atomic E-state index is 0.132. The maximum Gasteiger partial charge on any atom is 0.326 e. The monoisotopic (exact) mass is 2000 g/mol. The molecule has 0 aliphatic heterocycles. The first-order valence-electron chi connectivity index (χ1n) is 48.4. The molecule has 38 heteroatoms. The standard InChI is InChI=1S/C29H36N4O6.C28H34N4O6.C25H36N4O6.C25H35N3O5/c1-19(2)18-33-23(27-24(37-3)12-9-13-25(27)38-4)16-22(32-33)29(36)31-21(28(35)30-17-26(34)39-5)15-14-20-10-7-6-8-11-20;1-18(2)17-32-22(26-23(36-3)12-9-13-24(26)37-4)15-21(31-32)28(35)30-20(14-19-10-7-6-8-11-19)27(34)29-16-25(33)38-5;1-7-8-10-17(24(31)26-14-22(30)35-6)27-25(32)18-13-19(29(28-18)15-16(2)3)23-20(33-4)11-9-12-21(23)34-5;1-16(2)15-28-20(23-21(32-3)11-8-12-22(23)33-4)14-18(27-28)24(29)26-19(25(30)31)13-17-9-6-5-7-10-17/h6-13,16,19,21H,14-15,17-18H2,1-5H3,(H,30,35)(H,31,36);6-13,15,18,20H,14,16-17H2,1-5H3,(H,29,34)(H,30,35);9,11-13,16-17H,7-8,10,14-15H2,1-6H3,(H,26,31)(H,27,32);8,11-12,14,16-17,19H,5-7,9-10,13,15H2,1-4H3,(H,26,29)(H,30,31)/t21-;20-;17-;19-/m0000/s1. The van der Waals surface area contributed by atoms with Crippen LogP contribution >= 0.6 is 0 Å². The molecular formula is C107H141N15O23. The summed E-state index contributed by atoms with van der Waals surface area (Å²) in [6, 6.07) is 43.8. The lowest BCUT2D eigenvalue weighted by Crippen LogP contribution is -2.49. The van der Waals surface area contributed by atoms with Gasteiger partial charge in [0.25, 0.3) is 23.6 Å². The lowest BCUT2D eigenvalue weighted by molar-refractivity contribution is -0.141. The fourth-order valence-corrected chi connectivity index (χ4v) is 16.2. The highest BCUT2D eigenvalue weighted by Gasteiger charge is 2.34. The first-order chi connectivity index (χ1) is 69.6. The fraction of sp³-hybridized carbons (Fsp3) is 0.449. The van der Waals surface area contributed by atoms with Crippen molar-refractivity contribution in [1.29, 1.82) is 0 Å². The molecule has 7 amide bonds. The Morgan fingerprint density at radius 3 is 0.883 bits per heavy atom. The molecule has 4 atom stereocenters. The number of nitrogens with zero attached hydrogens (tertiary/aromatic N) is 8. The van der Waals surface area contributed by atoms with Gasteiger partial charge in [0.15, 0.2) is 22.8 Å². The molecule has 782 valence electrons. The van der Waals surface area contributed by atoms with Gasteiger partial charge in [-0.25, -0.2) is 4.79 Å². The zero-order valence-electron chi connectivity index (χ0n) is 86.6. The number of hydrogen-bond acceptors (Lipinski definition) is 26. The van der Waals surface area contributed by atoms with Gasteiger partial charge in [0.05, 0.1) is 123 Å². The minimum atomic E-state index is -1.01. The lowest BCUT2D eigenvalue weighted by atomic mass is 9.85. The zero-order chi connectivity index (χ0) is 106. The van der Waals surface area contributed by atoms with Gasteiger partial charge >= 0.3 is 23.9 Å². The number of nitrogens with one attached hydrogen (secondary N) is 7. The van der Waals surface area contributed by atoms with Crippen LogP contribution in [0.1, 0.15) is 180 Å². The summed E-state index contributed by atoms with van der Waals surface area (Å²) in [5, 5.41) is 46.6. The van der Waals surface area contributed by atoms with Crippen LogP contribution in [-0.4, -0.2) is 231 Å². The van der Waals surface area contributed by atoms with Gasteiger partial charge in [-0.15, -0.1) is 0 Å². The summed E-state index contributed by atoms with van der Waals surface area (Å²) in [7, 11) is 16.3.